The molecule has 1 heterocycles. The minimum atomic E-state index is 0.416. The number of hydrogen-bond acceptors (Lipinski definition) is 1. The lowest BCUT2D eigenvalue weighted by Gasteiger charge is -2.23. The summed E-state index contributed by atoms with van der Waals surface area (Å²) in [6.45, 7) is 5.78. The summed E-state index contributed by atoms with van der Waals surface area (Å²) >= 11 is 0. The Kier molecular flexibility index (Phi) is 1.86. The van der Waals surface area contributed by atoms with Gasteiger partial charge in [-0.05, 0) is 13.8 Å². The average Bonchev–Trinajstić information content (AvgIpc) is 1.64. The van der Waals surface area contributed by atoms with Crippen LogP contribution >= 0.6 is 0 Å². The van der Waals surface area contributed by atoms with Gasteiger partial charge in [0, 0.05) is 12.1 Å². The second kappa shape index (κ2) is 2.46. The SMILES string of the molecule is C[C@H]1COC[C@H](C)[N]1. The predicted molar refractivity (Wildman–Crippen MR) is 31.9 cm³/mol. The number of nitrogens with zero attached hydrogens (tertiary/aromatic N) is 1. The van der Waals surface area contributed by atoms with Gasteiger partial charge >= 0.3 is 0 Å². The van der Waals surface area contributed by atoms with Gasteiger partial charge in [-0.25, -0.2) is 5.32 Å². The van der Waals surface area contributed by atoms with Crippen LogP contribution in [0.3, 0.4) is 0 Å². The monoisotopic (exact) mass is 114 g/mol. The molecule has 2 atom stereocenters. The Morgan fingerprint density at radius 3 is 2.00 bits per heavy atom. The molecule has 0 amide bonds. The quantitative estimate of drug-likeness (QED) is 0.447. The molecule has 1 radical (unpaired) electrons. The van der Waals surface area contributed by atoms with Crippen LogP contribution in [0.25, 0.3) is 0 Å². The Morgan fingerprint density at radius 2 is 1.75 bits per heavy atom. The van der Waals surface area contributed by atoms with Gasteiger partial charge in [-0.1, -0.05) is 0 Å². The summed E-state index contributed by atoms with van der Waals surface area (Å²) in [5.74, 6) is 0. The van der Waals surface area contributed by atoms with Gasteiger partial charge in [0.05, 0.1) is 13.2 Å². The Morgan fingerprint density at radius 1 is 1.25 bits per heavy atom. The minimum Gasteiger partial charge on any atom is -0.378 e. The smallest absolute Gasteiger partial charge is 0.0634 e. The van der Waals surface area contributed by atoms with Crippen molar-refractivity contribution in [3.05, 3.63) is 0 Å². The van der Waals surface area contributed by atoms with Crippen molar-refractivity contribution < 1.29 is 4.74 Å². The van der Waals surface area contributed by atoms with E-state index in [1.54, 1.807) is 0 Å². The maximum absolute atomic E-state index is 5.20. The number of morpholine rings is 1. The van der Waals surface area contributed by atoms with Crippen molar-refractivity contribution in [3.8, 4) is 0 Å². The summed E-state index contributed by atoms with van der Waals surface area (Å²) in [5.41, 5.74) is 0. The van der Waals surface area contributed by atoms with Gasteiger partial charge in [0.1, 0.15) is 0 Å². The van der Waals surface area contributed by atoms with Crippen LogP contribution in [0, 0.1) is 0 Å². The molecule has 1 saturated heterocycles. The maximum atomic E-state index is 5.20. The van der Waals surface area contributed by atoms with E-state index >= 15 is 0 Å². The van der Waals surface area contributed by atoms with E-state index < -0.39 is 0 Å². The molecule has 0 bridgehead atoms. The first-order valence-corrected chi connectivity index (χ1v) is 3.06. The first-order valence-electron chi connectivity index (χ1n) is 3.06. The Balaban J connectivity index is 2.23. The van der Waals surface area contributed by atoms with Gasteiger partial charge in [-0.3, -0.25) is 0 Å². The zero-order valence-electron chi connectivity index (χ0n) is 5.42. The molecule has 2 heteroatoms. The number of rotatable bonds is 0. The van der Waals surface area contributed by atoms with Crippen LogP contribution in [0.2, 0.25) is 0 Å². The van der Waals surface area contributed by atoms with Gasteiger partial charge in [-0.15, -0.1) is 0 Å². The molecular weight excluding hydrogens is 102 g/mol. The van der Waals surface area contributed by atoms with E-state index in [2.05, 4.69) is 19.2 Å². The standard InChI is InChI=1S/C6H12NO/c1-5-3-8-4-6(2)7-5/h5-6H,3-4H2,1-2H3/t5-,6-/m0/s1. The Labute approximate surface area is 50.2 Å². The van der Waals surface area contributed by atoms with Crippen molar-refractivity contribution in [2.45, 2.75) is 25.9 Å². The van der Waals surface area contributed by atoms with E-state index in [4.69, 9.17) is 4.74 Å². The summed E-state index contributed by atoms with van der Waals surface area (Å²) in [7, 11) is 0. The number of hydrogen-bond donors (Lipinski definition) is 0. The molecule has 2 nitrogen and oxygen atoms in total. The molecule has 1 fully saturated rings. The lowest BCUT2D eigenvalue weighted by molar-refractivity contribution is 0.0533. The van der Waals surface area contributed by atoms with E-state index in [0.29, 0.717) is 12.1 Å². The summed E-state index contributed by atoms with van der Waals surface area (Å²) in [5, 5.41) is 4.36. The fraction of sp³-hybridized carbons (Fsp3) is 1.00. The lowest BCUT2D eigenvalue weighted by atomic mass is 10.2. The van der Waals surface area contributed by atoms with E-state index in [-0.39, 0.29) is 0 Å². The van der Waals surface area contributed by atoms with Gasteiger partial charge < -0.3 is 4.74 Å². The third kappa shape index (κ3) is 1.46. The predicted octanol–water partition coefficient (Wildman–Crippen LogP) is 0.398. The molecule has 0 aromatic heterocycles. The van der Waals surface area contributed by atoms with Crippen molar-refractivity contribution in [2.24, 2.45) is 0 Å². The van der Waals surface area contributed by atoms with Crippen LogP contribution in [0.15, 0.2) is 0 Å². The topological polar surface area (TPSA) is 23.3 Å². The maximum Gasteiger partial charge on any atom is 0.0634 e. The summed E-state index contributed by atoms with van der Waals surface area (Å²) < 4.78 is 5.20. The highest BCUT2D eigenvalue weighted by atomic mass is 16.5. The summed E-state index contributed by atoms with van der Waals surface area (Å²) in [4.78, 5) is 0. The Hall–Kier alpha value is -0.0800. The molecule has 8 heavy (non-hydrogen) atoms. The molecular formula is C6H12NO. The molecule has 0 aromatic rings. The van der Waals surface area contributed by atoms with Gasteiger partial charge in [0.2, 0.25) is 0 Å². The van der Waals surface area contributed by atoms with E-state index in [9.17, 15) is 0 Å². The van der Waals surface area contributed by atoms with E-state index in [1.807, 2.05) is 0 Å². The van der Waals surface area contributed by atoms with Crippen LogP contribution in [-0.2, 0) is 4.74 Å². The summed E-state index contributed by atoms with van der Waals surface area (Å²) in [6, 6.07) is 0.831. The second-order valence-corrected chi connectivity index (χ2v) is 2.38. The van der Waals surface area contributed by atoms with Crippen molar-refractivity contribution >= 4 is 0 Å². The highest BCUT2D eigenvalue weighted by Crippen LogP contribution is 1.98. The third-order valence-corrected chi connectivity index (χ3v) is 1.23. The Bertz CT molecular complexity index is 66.9. The first-order chi connectivity index (χ1) is 3.79. The van der Waals surface area contributed by atoms with Crippen LogP contribution in [0.5, 0.6) is 0 Å². The van der Waals surface area contributed by atoms with Gasteiger partial charge in [-0.2, -0.15) is 0 Å². The van der Waals surface area contributed by atoms with E-state index in [1.165, 1.54) is 0 Å². The molecule has 1 aliphatic heterocycles. The van der Waals surface area contributed by atoms with Crippen molar-refractivity contribution in [2.75, 3.05) is 13.2 Å². The lowest BCUT2D eigenvalue weighted by Crippen LogP contribution is -2.39. The second-order valence-electron chi connectivity index (χ2n) is 2.38. The molecule has 0 spiro atoms. The summed E-state index contributed by atoms with van der Waals surface area (Å²) in [6.07, 6.45) is 0. The molecule has 0 aliphatic carbocycles. The van der Waals surface area contributed by atoms with Crippen molar-refractivity contribution in [3.63, 3.8) is 0 Å². The molecule has 0 unspecified atom stereocenters. The van der Waals surface area contributed by atoms with Crippen molar-refractivity contribution in [1.29, 1.82) is 0 Å². The molecule has 0 N–H and O–H groups in total. The first kappa shape index (κ1) is 6.05. The van der Waals surface area contributed by atoms with Crippen molar-refractivity contribution in [1.82, 2.24) is 5.32 Å². The number of ether oxygens (including phenoxy) is 1. The fourth-order valence-electron chi connectivity index (χ4n) is 0.930. The minimum absolute atomic E-state index is 0.416. The van der Waals surface area contributed by atoms with Crippen LogP contribution < -0.4 is 5.32 Å². The fourth-order valence-corrected chi connectivity index (χ4v) is 0.930. The molecule has 1 rings (SSSR count). The van der Waals surface area contributed by atoms with Crippen LogP contribution in [0.4, 0.5) is 0 Å². The zero-order valence-corrected chi connectivity index (χ0v) is 5.42. The molecule has 47 valence electrons. The van der Waals surface area contributed by atoms with Crippen LogP contribution in [0.1, 0.15) is 13.8 Å². The third-order valence-electron chi connectivity index (χ3n) is 1.23. The van der Waals surface area contributed by atoms with Gasteiger partial charge in [0.25, 0.3) is 0 Å². The zero-order chi connectivity index (χ0) is 5.98. The average molecular weight is 114 g/mol. The highest BCUT2D eigenvalue weighted by Gasteiger charge is 2.14. The molecule has 1 aliphatic rings. The molecule has 0 aromatic carbocycles. The van der Waals surface area contributed by atoms with E-state index in [0.717, 1.165) is 13.2 Å². The normalized spacial score (nSPS) is 39.8. The molecule has 0 saturated carbocycles. The van der Waals surface area contributed by atoms with Gasteiger partial charge in [0.15, 0.2) is 0 Å². The highest BCUT2D eigenvalue weighted by molar-refractivity contribution is 4.70. The van der Waals surface area contributed by atoms with Crippen LogP contribution in [-0.4, -0.2) is 25.3 Å². The largest absolute Gasteiger partial charge is 0.378 e.